The first-order chi connectivity index (χ1) is 11.8. The molecule has 1 unspecified atom stereocenters. The van der Waals surface area contributed by atoms with Gasteiger partial charge in [-0.15, -0.1) is 0 Å². The quantitative estimate of drug-likeness (QED) is 0.930. The van der Waals surface area contributed by atoms with E-state index in [0.29, 0.717) is 12.6 Å². The number of aryl methyl sites for hydroxylation is 1. The molecule has 2 aliphatic heterocycles. The van der Waals surface area contributed by atoms with E-state index in [1.807, 2.05) is 24.3 Å². The fourth-order valence-corrected chi connectivity index (χ4v) is 3.25. The van der Waals surface area contributed by atoms with Crippen molar-refractivity contribution in [2.24, 2.45) is 0 Å². The highest BCUT2D eigenvalue weighted by molar-refractivity contribution is 5.44. The van der Waals surface area contributed by atoms with E-state index >= 15 is 0 Å². The van der Waals surface area contributed by atoms with Gasteiger partial charge < -0.3 is 20.1 Å². The zero-order chi connectivity index (χ0) is 16.4. The van der Waals surface area contributed by atoms with Crippen molar-refractivity contribution in [2.45, 2.75) is 31.8 Å². The number of ether oxygens (including phenoxy) is 2. The standard InChI is InChI=1S/C18H22N4O2/c19-18-20-13(11-17(21-18)22-9-3-4-10-22)7-8-14-12-23-15-5-1-2-6-16(15)24-14/h1-2,5-6,11,14H,3-4,7-10,12H2,(H2,19,20,21). The van der Waals surface area contributed by atoms with E-state index in [2.05, 4.69) is 20.9 Å². The van der Waals surface area contributed by atoms with Crippen LogP contribution in [0.1, 0.15) is 25.0 Å². The smallest absolute Gasteiger partial charge is 0.222 e. The summed E-state index contributed by atoms with van der Waals surface area (Å²) < 4.78 is 11.8. The summed E-state index contributed by atoms with van der Waals surface area (Å²) in [5.41, 5.74) is 6.86. The van der Waals surface area contributed by atoms with Crippen LogP contribution < -0.4 is 20.1 Å². The van der Waals surface area contributed by atoms with Crippen LogP contribution in [0.2, 0.25) is 0 Å². The summed E-state index contributed by atoms with van der Waals surface area (Å²) in [5, 5.41) is 0. The van der Waals surface area contributed by atoms with Crippen LogP contribution in [0.5, 0.6) is 11.5 Å². The van der Waals surface area contributed by atoms with E-state index in [4.69, 9.17) is 15.2 Å². The molecule has 1 saturated heterocycles. The Labute approximate surface area is 141 Å². The summed E-state index contributed by atoms with van der Waals surface area (Å²) >= 11 is 0. The average molecular weight is 326 g/mol. The molecule has 2 aliphatic rings. The Morgan fingerprint density at radius 1 is 1.12 bits per heavy atom. The number of anilines is 2. The third-order valence-electron chi connectivity index (χ3n) is 4.50. The molecule has 1 atom stereocenters. The van der Waals surface area contributed by atoms with Crippen LogP contribution in [0.25, 0.3) is 0 Å². The number of para-hydroxylation sites is 2. The molecule has 126 valence electrons. The minimum absolute atomic E-state index is 0.0336. The van der Waals surface area contributed by atoms with Crippen molar-refractivity contribution in [1.82, 2.24) is 9.97 Å². The van der Waals surface area contributed by atoms with Gasteiger partial charge in [-0.3, -0.25) is 0 Å². The predicted octanol–water partition coefficient (Wildman–Crippen LogP) is 2.43. The SMILES string of the molecule is Nc1nc(CCC2COc3ccccc3O2)cc(N2CCCC2)n1. The number of benzene rings is 1. The maximum Gasteiger partial charge on any atom is 0.222 e. The van der Waals surface area contributed by atoms with Gasteiger partial charge in [0.15, 0.2) is 11.5 Å². The summed E-state index contributed by atoms with van der Waals surface area (Å²) in [6.45, 7) is 2.66. The molecule has 1 aromatic heterocycles. The van der Waals surface area contributed by atoms with Gasteiger partial charge in [-0.1, -0.05) is 12.1 Å². The Kier molecular flexibility index (Phi) is 4.11. The lowest BCUT2D eigenvalue weighted by atomic mass is 10.1. The molecular formula is C18H22N4O2. The lowest BCUT2D eigenvalue weighted by molar-refractivity contribution is 0.0849. The first-order valence-electron chi connectivity index (χ1n) is 8.55. The largest absolute Gasteiger partial charge is 0.486 e. The minimum atomic E-state index is 0.0336. The summed E-state index contributed by atoms with van der Waals surface area (Å²) in [4.78, 5) is 11.0. The maximum atomic E-state index is 6.00. The van der Waals surface area contributed by atoms with Crippen LogP contribution in [0.4, 0.5) is 11.8 Å². The first kappa shape index (κ1) is 15.1. The molecule has 0 saturated carbocycles. The van der Waals surface area contributed by atoms with E-state index < -0.39 is 0 Å². The normalized spacial score (nSPS) is 19.5. The molecule has 6 heteroatoms. The number of nitrogens with zero attached hydrogens (tertiary/aromatic N) is 3. The second-order valence-corrected chi connectivity index (χ2v) is 6.31. The number of hydrogen-bond donors (Lipinski definition) is 1. The number of nitrogens with two attached hydrogens (primary N) is 1. The molecule has 1 aromatic carbocycles. The van der Waals surface area contributed by atoms with Crippen molar-refractivity contribution >= 4 is 11.8 Å². The Morgan fingerprint density at radius 3 is 2.75 bits per heavy atom. The summed E-state index contributed by atoms with van der Waals surface area (Å²) in [7, 11) is 0. The topological polar surface area (TPSA) is 73.5 Å². The fourth-order valence-electron chi connectivity index (χ4n) is 3.25. The number of aromatic nitrogens is 2. The molecule has 6 nitrogen and oxygen atoms in total. The molecule has 2 N–H and O–H groups in total. The summed E-state index contributed by atoms with van der Waals surface area (Å²) in [6.07, 6.45) is 4.09. The minimum Gasteiger partial charge on any atom is -0.486 e. The lowest BCUT2D eigenvalue weighted by Gasteiger charge is -2.26. The zero-order valence-electron chi connectivity index (χ0n) is 13.6. The van der Waals surface area contributed by atoms with Gasteiger partial charge in [0.2, 0.25) is 5.95 Å². The van der Waals surface area contributed by atoms with E-state index in [1.54, 1.807) is 0 Å². The molecule has 0 amide bonds. The molecule has 0 radical (unpaired) electrons. The van der Waals surface area contributed by atoms with Crippen LogP contribution in [0.3, 0.4) is 0 Å². The van der Waals surface area contributed by atoms with Gasteiger partial charge in [0, 0.05) is 24.8 Å². The summed E-state index contributed by atoms with van der Waals surface area (Å²) in [5.74, 6) is 2.92. The number of fused-ring (bicyclic) bond motifs is 1. The molecule has 2 aromatic rings. The van der Waals surface area contributed by atoms with Crippen LogP contribution >= 0.6 is 0 Å². The molecular weight excluding hydrogens is 304 g/mol. The van der Waals surface area contributed by atoms with Gasteiger partial charge in [0.05, 0.1) is 0 Å². The van der Waals surface area contributed by atoms with E-state index in [9.17, 15) is 0 Å². The highest BCUT2D eigenvalue weighted by atomic mass is 16.6. The van der Waals surface area contributed by atoms with Gasteiger partial charge in [-0.05, 0) is 37.8 Å². The molecule has 3 heterocycles. The first-order valence-corrected chi connectivity index (χ1v) is 8.55. The molecule has 0 spiro atoms. The van der Waals surface area contributed by atoms with Crippen molar-refractivity contribution in [3.05, 3.63) is 36.0 Å². The third-order valence-corrected chi connectivity index (χ3v) is 4.50. The Balaban J connectivity index is 1.41. The fraction of sp³-hybridized carbons (Fsp3) is 0.444. The monoisotopic (exact) mass is 326 g/mol. The van der Waals surface area contributed by atoms with E-state index in [-0.39, 0.29) is 6.10 Å². The van der Waals surface area contributed by atoms with Gasteiger partial charge in [-0.2, -0.15) is 4.98 Å². The van der Waals surface area contributed by atoms with E-state index in [1.165, 1.54) is 12.8 Å². The number of rotatable bonds is 4. The highest BCUT2D eigenvalue weighted by Crippen LogP contribution is 2.32. The lowest BCUT2D eigenvalue weighted by Crippen LogP contribution is -2.29. The van der Waals surface area contributed by atoms with Crippen LogP contribution in [-0.4, -0.2) is 35.8 Å². The van der Waals surface area contributed by atoms with Gasteiger partial charge in [0.1, 0.15) is 18.5 Å². The van der Waals surface area contributed by atoms with Gasteiger partial charge in [0.25, 0.3) is 0 Å². The Bertz CT molecular complexity index is 716. The van der Waals surface area contributed by atoms with Crippen LogP contribution in [0, 0.1) is 0 Å². The molecule has 0 bridgehead atoms. The van der Waals surface area contributed by atoms with Gasteiger partial charge in [-0.25, -0.2) is 4.98 Å². The Hall–Kier alpha value is -2.50. The molecule has 0 aliphatic carbocycles. The van der Waals surface area contributed by atoms with Crippen molar-refractivity contribution < 1.29 is 9.47 Å². The van der Waals surface area contributed by atoms with Crippen LogP contribution in [-0.2, 0) is 6.42 Å². The van der Waals surface area contributed by atoms with Crippen molar-refractivity contribution in [2.75, 3.05) is 30.3 Å². The van der Waals surface area contributed by atoms with Crippen molar-refractivity contribution in [3.8, 4) is 11.5 Å². The molecule has 24 heavy (non-hydrogen) atoms. The second kappa shape index (κ2) is 6.55. The Morgan fingerprint density at radius 2 is 1.92 bits per heavy atom. The molecule has 1 fully saturated rings. The third kappa shape index (κ3) is 3.22. The van der Waals surface area contributed by atoms with Gasteiger partial charge >= 0.3 is 0 Å². The highest BCUT2D eigenvalue weighted by Gasteiger charge is 2.21. The maximum absolute atomic E-state index is 6.00. The van der Waals surface area contributed by atoms with Crippen molar-refractivity contribution in [3.63, 3.8) is 0 Å². The summed E-state index contributed by atoms with van der Waals surface area (Å²) in [6, 6.07) is 9.83. The molecule has 4 rings (SSSR count). The number of nitrogen functional groups attached to an aromatic ring is 1. The average Bonchev–Trinajstić information content (AvgIpc) is 3.14. The second-order valence-electron chi connectivity index (χ2n) is 6.31. The predicted molar refractivity (Wildman–Crippen MR) is 92.6 cm³/mol. The number of hydrogen-bond acceptors (Lipinski definition) is 6. The van der Waals surface area contributed by atoms with Crippen molar-refractivity contribution in [1.29, 1.82) is 0 Å². The zero-order valence-corrected chi connectivity index (χ0v) is 13.6. The van der Waals surface area contributed by atoms with Crippen LogP contribution in [0.15, 0.2) is 30.3 Å². The van der Waals surface area contributed by atoms with E-state index in [0.717, 1.165) is 48.9 Å².